The summed E-state index contributed by atoms with van der Waals surface area (Å²) in [6.07, 6.45) is 1.83. The normalized spacial score (nSPS) is 17.4. The molecule has 0 aromatic heterocycles. The number of fused-ring (bicyclic) bond motifs is 2. The number of aryl methyl sites for hydroxylation is 1. The molecule has 0 atom stereocenters. The zero-order valence-corrected chi connectivity index (χ0v) is 15.8. The summed E-state index contributed by atoms with van der Waals surface area (Å²) < 4.78 is 41.5. The molecular weight excluding hydrogens is 389 g/mol. The van der Waals surface area contributed by atoms with Crippen molar-refractivity contribution in [2.45, 2.75) is 17.7 Å². The van der Waals surface area contributed by atoms with Gasteiger partial charge in [-0.25, -0.2) is 4.39 Å². The average molecular weight is 405 g/mol. The van der Waals surface area contributed by atoms with Crippen molar-refractivity contribution in [1.29, 1.82) is 0 Å². The van der Waals surface area contributed by atoms with E-state index in [4.69, 9.17) is 0 Å². The van der Waals surface area contributed by atoms with Gasteiger partial charge in [0.15, 0.2) is 5.17 Å². The Balaban J connectivity index is 1.49. The Kier molecular flexibility index (Phi) is 4.65. The molecule has 0 radical (unpaired) electrons. The van der Waals surface area contributed by atoms with E-state index in [0.717, 1.165) is 41.9 Å². The van der Waals surface area contributed by atoms with Gasteiger partial charge in [0.1, 0.15) is 10.7 Å². The molecule has 6 nitrogen and oxygen atoms in total. The first-order valence-corrected chi connectivity index (χ1v) is 10.8. The summed E-state index contributed by atoms with van der Waals surface area (Å²) in [6.45, 7) is 0.636. The summed E-state index contributed by atoms with van der Waals surface area (Å²) in [4.78, 5) is 14.2. The van der Waals surface area contributed by atoms with Gasteiger partial charge in [-0.05, 0) is 42.7 Å². The number of amides is 1. The van der Waals surface area contributed by atoms with Crippen LogP contribution in [0, 0.1) is 5.82 Å². The molecule has 2 aliphatic rings. The van der Waals surface area contributed by atoms with Crippen molar-refractivity contribution in [2.24, 2.45) is 4.40 Å². The fourth-order valence-electron chi connectivity index (χ4n) is 3.17. The summed E-state index contributed by atoms with van der Waals surface area (Å²) in [5.41, 5.74) is 2.29. The monoisotopic (exact) mass is 405 g/mol. The van der Waals surface area contributed by atoms with E-state index in [1.54, 1.807) is 4.90 Å². The van der Waals surface area contributed by atoms with Crippen LogP contribution in [-0.4, -0.2) is 31.8 Å². The second-order valence-electron chi connectivity index (χ2n) is 6.20. The molecule has 4 rings (SSSR count). The summed E-state index contributed by atoms with van der Waals surface area (Å²) in [6, 6.07) is 11.2. The van der Waals surface area contributed by atoms with Crippen molar-refractivity contribution < 1.29 is 17.6 Å². The second-order valence-corrected chi connectivity index (χ2v) is 8.74. The number of para-hydroxylation sites is 1. The van der Waals surface area contributed by atoms with Gasteiger partial charge in [-0.3, -0.25) is 4.79 Å². The third-order valence-electron chi connectivity index (χ3n) is 4.41. The van der Waals surface area contributed by atoms with Crippen LogP contribution in [0.4, 0.5) is 15.8 Å². The van der Waals surface area contributed by atoms with Crippen molar-refractivity contribution in [2.75, 3.05) is 22.5 Å². The third-order valence-corrected chi connectivity index (χ3v) is 6.70. The molecule has 0 unspecified atom stereocenters. The van der Waals surface area contributed by atoms with E-state index in [9.17, 15) is 17.6 Å². The molecule has 0 saturated heterocycles. The highest BCUT2D eigenvalue weighted by Gasteiger charge is 2.27. The predicted octanol–water partition coefficient (Wildman–Crippen LogP) is 3.01. The number of rotatable bonds is 2. The first-order valence-electron chi connectivity index (χ1n) is 8.37. The van der Waals surface area contributed by atoms with Crippen molar-refractivity contribution in [1.82, 2.24) is 0 Å². The number of benzene rings is 2. The first kappa shape index (κ1) is 18.0. The van der Waals surface area contributed by atoms with Gasteiger partial charge in [0, 0.05) is 12.2 Å². The van der Waals surface area contributed by atoms with Gasteiger partial charge >= 0.3 is 0 Å². The smallest absolute Gasteiger partial charge is 0.286 e. The minimum atomic E-state index is -4.00. The standard InChI is InChI=1S/C18H16FN3O3S2/c19-13-7-8-14-16(10-13)27(24,25)21-18(20-14)26-11-17(23)22-9-3-5-12-4-1-2-6-15(12)22/h1-2,4,6-8,10H,3,5,9,11H2,(H,20,21). The molecule has 140 valence electrons. The van der Waals surface area contributed by atoms with E-state index in [2.05, 4.69) is 9.71 Å². The van der Waals surface area contributed by atoms with Crippen LogP contribution in [0.15, 0.2) is 51.8 Å². The maximum absolute atomic E-state index is 13.3. The molecule has 2 heterocycles. The maximum Gasteiger partial charge on any atom is 0.286 e. The number of nitrogens with one attached hydrogen (secondary N) is 1. The maximum atomic E-state index is 13.3. The Morgan fingerprint density at radius 3 is 2.93 bits per heavy atom. The summed E-state index contributed by atoms with van der Waals surface area (Å²) >= 11 is 1.02. The molecule has 2 aromatic carbocycles. The highest BCUT2D eigenvalue weighted by atomic mass is 32.2. The first-order chi connectivity index (χ1) is 12.9. The minimum Gasteiger partial charge on any atom is -0.333 e. The topological polar surface area (TPSA) is 78.8 Å². The predicted molar refractivity (Wildman–Crippen MR) is 104 cm³/mol. The van der Waals surface area contributed by atoms with Crippen LogP contribution in [0.1, 0.15) is 12.0 Å². The Morgan fingerprint density at radius 1 is 1.26 bits per heavy atom. The number of nitrogens with zero attached hydrogens (tertiary/aromatic N) is 2. The number of carbonyl (C=O) groups excluding carboxylic acids is 1. The van der Waals surface area contributed by atoms with Crippen LogP contribution in [0.25, 0.3) is 0 Å². The van der Waals surface area contributed by atoms with E-state index in [1.807, 2.05) is 24.3 Å². The number of hydrogen-bond donors (Lipinski definition) is 1. The van der Waals surface area contributed by atoms with Crippen LogP contribution in [0.3, 0.4) is 0 Å². The van der Waals surface area contributed by atoms with Gasteiger partial charge in [-0.15, -0.1) is 4.40 Å². The highest BCUT2D eigenvalue weighted by molar-refractivity contribution is 8.15. The number of anilines is 2. The molecule has 0 aliphatic carbocycles. The lowest BCUT2D eigenvalue weighted by Gasteiger charge is -2.29. The van der Waals surface area contributed by atoms with Crippen LogP contribution < -0.4 is 10.2 Å². The van der Waals surface area contributed by atoms with Gasteiger partial charge in [-0.2, -0.15) is 8.42 Å². The minimum absolute atomic E-state index is 0.0478. The Labute approximate surface area is 160 Å². The van der Waals surface area contributed by atoms with E-state index in [-0.39, 0.29) is 27.4 Å². The van der Waals surface area contributed by atoms with E-state index < -0.39 is 15.8 Å². The highest BCUT2D eigenvalue weighted by Crippen LogP contribution is 2.31. The van der Waals surface area contributed by atoms with Crippen LogP contribution in [0.5, 0.6) is 0 Å². The van der Waals surface area contributed by atoms with Crippen LogP contribution >= 0.6 is 11.8 Å². The molecule has 0 bridgehead atoms. The molecule has 0 fully saturated rings. The number of amidine groups is 1. The molecule has 1 N–H and O–H groups in total. The molecular formula is C18H16FN3O3S2. The van der Waals surface area contributed by atoms with E-state index >= 15 is 0 Å². The largest absolute Gasteiger partial charge is 0.333 e. The van der Waals surface area contributed by atoms with Gasteiger partial charge in [0.25, 0.3) is 10.0 Å². The van der Waals surface area contributed by atoms with Crippen molar-refractivity contribution in [3.05, 3.63) is 53.8 Å². The summed E-state index contributed by atoms with van der Waals surface area (Å²) in [7, 11) is -4.00. The molecule has 27 heavy (non-hydrogen) atoms. The molecule has 9 heteroatoms. The molecule has 0 spiro atoms. The lowest BCUT2D eigenvalue weighted by molar-refractivity contribution is -0.116. The fraction of sp³-hybridized carbons (Fsp3) is 0.222. The quantitative estimate of drug-likeness (QED) is 0.831. The number of thioether (sulfide) groups is 1. The van der Waals surface area contributed by atoms with Gasteiger partial charge in [-0.1, -0.05) is 30.0 Å². The summed E-state index contributed by atoms with van der Waals surface area (Å²) in [5.74, 6) is -0.713. The second kappa shape index (κ2) is 6.97. The number of hydrogen-bond acceptors (Lipinski definition) is 5. The Bertz CT molecular complexity index is 1050. The molecule has 0 saturated carbocycles. The number of sulfonamides is 1. The molecule has 2 aliphatic heterocycles. The fourth-order valence-corrected chi connectivity index (χ4v) is 5.30. The lowest BCUT2D eigenvalue weighted by Crippen LogP contribution is -2.37. The van der Waals surface area contributed by atoms with Crippen molar-refractivity contribution in [3.8, 4) is 0 Å². The third kappa shape index (κ3) is 3.57. The molecule has 1 amide bonds. The van der Waals surface area contributed by atoms with E-state index in [0.29, 0.717) is 6.54 Å². The Hall–Kier alpha value is -2.39. The Morgan fingerprint density at radius 2 is 2.07 bits per heavy atom. The molecule has 2 aromatic rings. The van der Waals surface area contributed by atoms with Crippen molar-refractivity contribution in [3.63, 3.8) is 0 Å². The zero-order valence-electron chi connectivity index (χ0n) is 14.2. The van der Waals surface area contributed by atoms with Crippen LogP contribution in [-0.2, 0) is 21.2 Å². The van der Waals surface area contributed by atoms with Crippen molar-refractivity contribution >= 4 is 44.2 Å². The number of halogens is 1. The van der Waals surface area contributed by atoms with Gasteiger partial charge in [0.2, 0.25) is 5.91 Å². The average Bonchev–Trinajstić information content (AvgIpc) is 2.66. The number of carbonyl (C=O) groups is 1. The van der Waals surface area contributed by atoms with E-state index in [1.165, 1.54) is 12.1 Å². The zero-order chi connectivity index (χ0) is 19.0. The van der Waals surface area contributed by atoms with Crippen LogP contribution in [0.2, 0.25) is 0 Å². The van der Waals surface area contributed by atoms with Gasteiger partial charge in [0.05, 0.1) is 11.4 Å². The van der Waals surface area contributed by atoms with Gasteiger partial charge < -0.3 is 10.2 Å². The summed E-state index contributed by atoms with van der Waals surface area (Å²) in [5, 5.41) is 2.96. The lowest BCUT2D eigenvalue weighted by atomic mass is 10.0. The SMILES string of the molecule is O=C(CSC1=NS(=O)(=O)c2cc(F)ccc2N1)N1CCCc2ccccc21.